The minimum Gasteiger partial charge on any atom is -0.280 e. The van der Waals surface area contributed by atoms with Crippen LogP contribution in [0.2, 0.25) is 0 Å². The smallest absolute Gasteiger partial charge is 0.216 e. The standard InChI is InChI=1S/C20H25FN4O2S/c1-20(2,3)28(26,27)25-16-9-7-13(8-10-16)18-17(12-22)19(24-23-18)14-5-4-6-15(21)11-14/h4-6,11,13,16,25H,7-10H2,1-3H3,(H,23,24)/t13-,16-. The molecular formula is C20H25FN4O2S. The van der Waals surface area contributed by atoms with Crippen LogP contribution in [0.4, 0.5) is 4.39 Å². The maximum atomic E-state index is 13.5. The van der Waals surface area contributed by atoms with Gasteiger partial charge in [-0.3, -0.25) is 5.10 Å². The van der Waals surface area contributed by atoms with Gasteiger partial charge in [0.05, 0.1) is 10.4 Å². The maximum Gasteiger partial charge on any atom is 0.216 e. The fourth-order valence-corrected chi connectivity index (χ4v) is 4.53. The summed E-state index contributed by atoms with van der Waals surface area (Å²) in [4.78, 5) is 0. The van der Waals surface area contributed by atoms with Crippen LogP contribution in [0.15, 0.2) is 24.3 Å². The third kappa shape index (κ3) is 4.10. The van der Waals surface area contributed by atoms with Gasteiger partial charge in [-0.25, -0.2) is 17.5 Å². The van der Waals surface area contributed by atoms with Crippen molar-refractivity contribution in [2.24, 2.45) is 0 Å². The van der Waals surface area contributed by atoms with Crippen molar-refractivity contribution in [3.8, 4) is 17.3 Å². The molecule has 0 saturated heterocycles. The number of nitrogens with zero attached hydrogens (tertiary/aromatic N) is 2. The van der Waals surface area contributed by atoms with Crippen LogP contribution < -0.4 is 4.72 Å². The second-order valence-electron chi connectivity index (χ2n) is 8.27. The van der Waals surface area contributed by atoms with Gasteiger partial charge in [0, 0.05) is 17.5 Å². The van der Waals surface area contributed by atoms with Gasteiger partial charge < -0.3 is 0 Å². The molecule has 1 saturated carbocycles. The van der Waals surface area contributed by atoms with E-state index in [-0.39, 0.29) is 17.8 Å². The van der Waals surface area contributed by atoms with Gasteiger partial charge in [0.25, 0.3) is 0 Å². The van der Waals surface area contributed by atoms with E-state index in [9.17, 15) is 18.1 Å². The number of sulfonamides is 1. The number of H-pyrrole nitrogens is 1. The van der Waals surface area contributed by atoms with Crippen molar-refractivity contribution < 1.29 is 12.8 Å². The number of hydrogen-bond donors (Lipinski definition) is 2. The summed E-state index contributed by atoms with van der Waals surface area (Å²) in [7, 11) is -3.39. The Hall–Kier alpha value is -2.24. The summed E-state index contributed by atoms with van der Waals surface area (Å²) in [5.74, 6) is -0.280. The van der Waals surface area contributed by atoms with E-state index in [0.717, 1.165) is 18.5 Å². The Morgan fingerprint density at radius 3 is 2.50 bits per heavy atom. The summed E-state index contributed by atoms with van der Waals surface area (Å²) in [6.07, 6.45) is 2.88. The van der Waals surface area contributed by atoms with Crippen LogP contribution in [-0.2, 0) is 10.0 Å². The lowest BCUT2D eigenvalue weighted by atomic mass is 9.83. The minimum absolute atomic E-state index is 0.0971. The highest BCUT2D eigenvalue weighted by Crippen LogP contribution is 2.36. The van der Waals surface area contributed by atoms with Gasteiger partial charge in [0.1, 0.15) is 23.1 Å². The summed E-state index contributed by atoms with van der Waals surface area (Å²) >= 11 is 0. The second kappa shape index (κ2) is 7.64. The Labute approximate surface area is 165 Å². The van der Waals surface area contributed by atoms with E-state index in [4.69, 9.17) is 0 Å². The highest BCUT2D eigenvalue weighted by molar-refractivity contribution is 7.90. The van der Waals surface area contributed by atoms with Crippen molar-refractivity contribution in [3.05, 3.63) is 41.3 Å². The number of nitrogens with one attached hydrogen (secondary N) is 2. The number of aromatic nitrogens is 2. The van der Waals surface area contributed by atoms with E-state index in [1.165, 1.54) is 12.1 Å². The monoisotopic (exact) mass is 404 g/mol. The minimum atomic E-state index is -3.39. The van der Waals surface area contributed by atoms with Crippen molar-refractivity contribution in [2.75, 3.05) is 0 Å². The first-order valence-electron chi connectivity index (χ1n) is 9.38. The van der Waals surface area contributed by atoms with E-state index in [1.807, 2.05) is 0 Å². The van der Waals surface area contributed by atoms with E-state index in [0.29, 0.717) is 29.7 Å². The number of halogens is 1. The number of rotatable bonds is 4. The molecule has 1 aliphatic rings. The third-order valence-electron chi connectivity index (χ3n) is 5.27. The van der Waals surface area contributed by atoms with Crippen LogP contribution in [0.1, 0.15) is 63.6 Å². The highest BCUT2D eigenvalue weighted by Gasteiger charge is 2.34. The molecule has 0 radical (unpaired) electrons. The number of nitriles is 1. The van der Waals surface area contributed by atoms with Crippen LogP contribution in [0, 0.1) is 17.1 Å². The van der Waals surface area contributed by atoms with Crippen molar-refractivity contribution in [1.29, 1.82) is 5.26 Å². The highest BCUT2D eigenvalue weighted by atomic mass is 32.2. The molecule has 1 fully saturated rings. The van der Waals surface area contributed by atoms with Crippen molar-refractivity contribution in [2.45, 2.75) is 63.2 Å². The normalized spacial score (nSPS) is 20.7. The van der Waals surface area contributed by atoms with E-state index < -0.39 is 14.8 Å². The van der Waals surface area contributed by atoms with Crippen molar-refractivity contribution >= 4 is 10.0 Å². The predicted octanol–water partition coefficient (Wildman–Crippen LogP) is 3.83. The number of aromatic amines is 1. The third-order valence-corrected chi connectivity index (χ3v) is 7.52. The Balaban J connectivity index is 1.74. The molecule has 3 rings (SSSR count). The molecule has 1 aromatic heterocycles. The largest absolute Gasteiger partial charge is 0.280 e. The average molecular weight is 405 g/mol. The van der Waals surface area contributed by atoms with Crippen LogP contribution >= 0.6 is 0 Å². The number of benzene rings is 1. The first-order valence-corrected chi connectivity index (χ1v) is 10.9. The lowest BCUT2D eigenvalue weighted by molar-refractivity contribution is 0.366. The van der Waals surface area contributed by atoms with Gasteiger partial charge in [0.2, 0.25) is 10.0 Å². The topological polar surface area (TPSA) is 98.6 Å². The van der Waals surface area contributed by atoms with Gasteiger partial charge in [0.15, 0.2) is 0 Å². The molecular weight excluding hydrogens is 379 g/mol. The Morgan fingerprint density at radius 1 is 1.25 bits per heavy atom. The van der Waals surface area contributed by atoms with Gasteiger partial charge in [-0.2, -0.15) is 10.4 Å². The van der Waals surface area contributed by atoms with E-state index in [2.05, 4.69) is 21.0 Å². The molecule has 28 heavy (non-hydrogen) atoms. The second-order valence-corrected chi connectivity index (χ2v) is 10.7. The summed E-state index contributed by atoms with van der Waals surface area (Å²) in [5, 5.41) is 16.9. The van der Waals surface area contributed by atoms with E-state index in [1.54, 1.807) is 32.9 Å². The summed E-state index contributed by atoms with van der Waals surface area (Å²) in [6.45, 7) is 5.04. The lowest BCUT2D eigenvalue weighted by Crippen LogP contribution is -2.45. The summed E-state index contributed by atoms with van der Waals surface area (Å²) < 4.78 is 40.2. The molecule has 2 N–H and O–H groups in total. The molecule has 0 unspecified atom stereocenters. The molecule has 1 aliphatic carbocycles. The first-order chi connectivity index (χ1) is 13.1. The fraction of sp³-hybridized carbons (Fsp3) is 0.500. The zero-order chi connectivity index (χ0) is 20.5. The van der Waals surface area contributed by atoms with Crippen LogP contribution in [-0.4, -0.2) is 29.4 Å². The molecule has 0 bridgehead atoms. The van der Waals surface area contributed by atoms with Crippen LogP contribution in [0.3, 0.4) is 0 Å². The van der Waals surface area contributed by atoms with Gasteiger partial charge >= 0.3 is 0 Å². The molecule has 0 aliphatic heterocycles. The number of hydrogen-bond acceptors (Lipinski definition) is 4. The molecule has 0 spiro atoms. The predicted molar refractivity (Wildman–Crippen MR) is 106 cm³/mol. The van der Waals surface area contributed by atoms with E-state index >= 15 is 0 Å². The van der Waals surface area contributed by atoms with Crippen molar-refractivity contribution in [3.63, 3.8) is 0 Å². The van der Waals surface area contributed by atoms with Crippen LogP contribution in [0.25, 0.3) is 11.3 Å². The molecule has 2 aromatic rings. The molecule has 0 atom stereocenters. The first kappa shape index (κ1) is 20.5. The quantitative estimate of drug-likeness (QED) is 0.809. The van der Waals surface area contributed by atoms with Gasteiger partial charge in [-0.15, -0.1) is 0 Å². The molecule has 1 aromatic carbocycles. The lowest BCUT2D eigenvalue weighted by Gasteiger charge is -2.31. The molecule has 0 amide bonds. The Morgan fingerprint density at radius 2 is 1.93 bits per heavy atom. The zero-order valence-electron chi connectivity index (χ0n) is 16.3. The molecule has 1 heterocycles. The zero-order valence-corrected chi connectivity index (χ0v) is 17.1. The SMILES string of the molecule is CC(C)(C)S(=O)(=O)N[C@H]1CC[C@H](c2[nH]nc(-c3cccc(F)c3)c2C#N)CC1. The maximum absolute atomic E-state index is 13.5. The summed E-state index contributed by atoms with van der Waals surface area (Å²) in [6, 6.07) is 8.13. The molecule has 150 valence electrons. The molecule has 6 nitrogen and oxygen atoms in total. The average Bonchev–Trinajstić information content (AvgIpc) is 3.05. The van der Waals surface area contributed by atoms with Crippen LogP contribution in [0.5, 0.6) is 0 Å². The van der Waals surface area contributed by atoms with Gasteiger partial charge in [-0.05, 0) is 58.6 Å². The Kier molecular flexibility index (Phi) is 5.60. The Bertz CT molecular complexity index is 994. The van der Waals surface area contributed by atoms with Crippen molar-refractivity contribution in [1.82, 2.24) is 14.9 Å². The fourth-order valence-electron chi connectivity index (χ4n) is 3.50. The summed E-state index contributed by atoms with van der Waals surface area (Å²) in [5.41, 5.74) is 2.20. The molecule has 8 heteroatoms. The van der Waals surface area contributed by atoms with Gasteiger partial charge in [-0.1, -0.05) is 12.1 Å².